The van der Waals surface area contributed by atoms with Crippen molar-refractivity contribution in [2.45, 2.75) is 19.4 Å². The Morgan fingerprint density at radius 1 is 1.58 bits per heavy atom. The highest BCUT2D eigenvalue weighted by Crippen LogP contribution is 2.28. The summed E-state index contributed by atoms with van der Waals surface area (Å²) in [5.41, 5.74) is 0.915. The summed E-state index contributed by atoms with van der Waals surface area (Å²) >= 11 is 6.17. The predicted octanol–water partition coefficient (Wildman–Crippen LogP) is 2.30. The number of carbonyl (C=O) groups is 1. The van der Waals surface area contributed by atoms with Crippen molar-refractivity contribution in [3.63, 3.8) is 0 Å². The first-order chi connectivity index (χ1) is 8.95. The third kappa shape index (κ3) is 3.61. The van der Waals surface area contributed by atoms with Crippen LogP contribution in [-0.2, 0) is 11.2 Å². The van der Waals surface area contributed by atoms with Crippen molar-refractivity contribution >= 4 is 17.6 Å². The van der Waals surface area contributed by atoms with E-state index in [1.165, 1.54) is 0 Å². The second kappa shape index (κ2) is 5.80. The van der Waals surface area contributed by atoms with Crippen molar-refractivity contribution in [3.05, 3.63) is 28.8 Å². The van der Waals surface area contributed by atoms with Crippen molar-refractivity contribution in [1.82, 2.24) is 4.90 Å². The van der Waals surface area contributed by atoms with E-state index in [2.05, 4.69) is 4.90 Å². The van der Waals surface area contributed by atoms with E-state index >= 15 is 0 Å². The maximum Gasteiger partial charge on any atom is 0.306 e. The number of hydrogen-bond acceptors (Lipinski definition) is 3. The Kier molecular flexibility index (Phi) is 4.32. The topological polar surface area (TPSA) is 49.8 Å². The Labute approximate surface area is 117 Å². The van der Waals surface area contributed by atoms with E-state index in [0.29, 0.717) is 17.2 Å². The molecule has 1 atom stereocenters. The fourth-order valence-electron chi connectivity index (χ4n) is 2.10. The zero-order chi connectivity index (χ0) is 14.0. The Balaban J connectivity index is 1.98. The molecule has 0 radical (unpaired) electrons. The summed E-state index contributed by atoms with van der Waals surface area (Å²) in [5, 5.41) is 9.43. The minimum Gasteiger partial charge on any atom is -0.486 e. The number of ether oxygens (including phenoxy) is 1. The standard InChI is InChI=1S/C14H18ClNO3/c1-9(14(17)18)5-10-3-4-13(12(15)6-10)19-11-7-16(2)8-11/h3-4,6,9,11H,5,7-8H2,1-2H3,(H,17,18). The molecule has 2 rings (SSSR count). The largest absolute Gasteiger partial charge is 0.486 e. The van der Waals surface area contributed by atoms with Gasteiger partial charge in [-0.2, -0.15) is 0 Å². The van der Waals surface area contributed by atoms with Gasteiger partial charge >= 0.3 is 5.97 Å². The van der Waals surface area contributed by atoms with Gasteiger partial charge in [-0.15, -0.1) is 0 Å². The summed E-state index contributed by atoms with van der Waals surface area (Å²) in [6.07, 6.45) is 0.674. The second-order valence-electron chi connectivity index (χ2n) is 5.17. The molecule has 1 unspecified atom stereocenters. The third-order valence-corrected chi connectivity index (χ3v) is 3.58. The fourth-order valence-corrected chi connectivity index (χ4v) is 2.35. The number of nitrogens with zero attached hydrogens (tertiary/aromatic N) is 1. The molecule has 1 aliphatic rings. The van der Waals surface area contributed by atoms with Crippen LogP contribution in [-0.4, -0.2) is 42.2 Å². The van der Waals surface area contributed by atoms with Gasteiger partial charge in [0.1, 0.15) is 11.9 Å². The smallest absolute Gasteiger partial charge is 0.306 e. The molecule has 1 aromatic carbocycles. The Bertz CT molecular complexity index is 472. The summed E-state index contributed by atoms with van der Waals surface area (Å²) in [7, 11) is 2.04. The maximum atomic E-state index is 10.8. The second-order valence-corrected chi connectivity index (χ2v) is 5.58. The summed E-state index contributed by atoms with van der Waals surface area (Å²) in [6, 6.07) is 5.49. The van der Waals surface area contributed by atoms with Crippen LogP contribution in [0.15, 0.2) is 18.2 Å². The average molecular weight is 284 g/mol. The molecule has 1 aromatic rings. The molecule has 0 spiro atoms. The number of likely N-dealkylation sites (N-methyl/N-ethyl adjacent to an activating group) is 1. The molecule has 19 heavy (non-hydrogen) atoms. The van der Waals surface area contributed by atoms with Crippen LogP contribution >= 0.6 is 11.6 Å². The minimum atomic E-state index is -0.797. The van der Waals surface area contributed by atoms with Crippen LogP contribution in [0.5, 0.6) is 5.75 Å². The van der Waals surface area contributed by atoms with Crippen LogP contribution in [0.2, 0.25) is 5.02 Å². The first-order valence-corrected chi connectivity index (χ1v) is 6.70. The number of rotatable bonds is 5. The van der Waals surface area contributed by atoms with Crippen LogP contribution in [0.4, 0.5) is 0 Å². The summed E-state index contributed by atoms with van der Waals surface area (Å²) < 4.78 is 5.77. The van der Waals surface area contributed by atoms with Gasteiger partial charge in [0, 0.05) is 13.1 Å². The van der Waals surface area contributed by atoms with Gasteiger partial charge in [-0.3, -0.25) is 9.69 Å². The van der Waals surface area contributed by atoms with E-state index in [0.717, 1.165) is 18.7 Å². The molecule has 0 amide bonds. The van der Waals surface area contributed by atoms with E-state index in [1.54, 1.807) is 13.0 Å². The van der Waals surface area contributed by atoms with Crippen LogP contribution < -0.4 is 4.74 Å². The van der Waals surface area contributed by atoms with E-state index in [9.17, 15) is 4.79 Å². The van der Waals surface area contributed by atoms with Gasteiger partial charge in [-0.25, -0.2) is 0 Å². The van der Waals surface area contributed by atoms with Gasteiger partial charge in [0.25, 0.3) is 0 Å². The number of benzene rings is 1. The molecule has 1 saturated heterocycles. The normalized spacial score (nSPS) is 17.8. The molecule has 5 heteroatoms. The molecule has 104 valence electrons. The van der Waals surface area contributed by atoms with Crippen LogP contribution in [0.1, 0.15) is 12.5 Å². The molecule has 0 bridgehead atoms. The monoisotopic (exact) mass is 283 g/mol. The maximum absolute atomic E-state index is 10.8. The lowest BCUT2D eigenvalue weighted by Crippen LogP contribution is -2.51. The van der Waals surface area contributed by atoms with Gasteiger partial charge < -0.3 is 9.84 Å². The number of likely N-dealkylation sites (tertiary alicyclic amines) is 1. The third-order valence-electron chi connectivity index (χ3n) is 3.28. The van der Waals surface area contributed by atoms with Gasteiger partial charge in [0.05, 0.1) is 10.9 Å². The summed E-state index contributed by atoms with van der Waals surface area (Å²) in [4.78, 5) is 13.0. The lowest BCUT2D eigenvalue weighted by molar-refractivity contribution is -0.141. The highest BCUT2D eigenvalue weighted by Gasteiger charge is 2.25. The van der Waals surface area contributed by atoms with Crippen molar-refractivity contribution < 1.29 is 14.6 Å². The molecule has 0 aliphatic carbocycles. The van der Waals surface area contributed by atoms with Crippen molar-refractivity contribution in [2.75, 3.05) is 20.1 Å². The summed E-state index contributed by atoms with van der Waals surface area (Å²) in [5.74, 6) is -0.538. The van der Waals surface area contributed by atoms with Crippen LogP contribution in [0, 0.1) is 5.92 Å². The molecule has 1 aliphatic heterocycles. The fraction of sp³-hybridized carbons (Fsp3) is 0.500. The summed E-state index contributed by atoms with van der Waals surface area (Å²) in [6.45, 7) is 3.51. The van der Waals surface area contributed by atoms with Gasteiger partial charge in [-0.1, -0.05) is 24.6 Å². The Morgan fingerprint density at radius 2 is 2.26 bits per heavy atom. The zero-order valence-corrected chi connectivity index (χ0v) is 11.9. The van der Waals surface area contributed by atoms with E-state index in [1.807, 2.05) is 19.2 Å². The SMILES string of the molecule is CC(Cc1ccc(OC2CN(C)C2)c(Cl)c1)C(=O)O. The van der Waals surface area contributed by atoms with Gasteiger partial charge in [-0.05, 0) is 31.2 Å². The number of aliphatic carboxylic acids is 1. The zero-order valence-electron chi connectivity index (χ0n) is 11.1. The quantitative estimate of drug-likeness (QED) is 0.901. The lowest BCUT2D eigenvalue weighted by atomic mass is 10.0. The van der Waals surface area contributed by atoms with E-state index < -0.39 is 11.9 Å². The van der Waals surface area contributed by atoms with E-state index in [-0.39, 0.29) is 6.10 Å². The molecule has 4 nitrogen and oxygen atoms in total. The molecule has 1 N–H and O–H groups in total. The number of halogens is 1. The van der Waals surface area contributed by atoms with Crippen molar-refractivity contribution in [1.29, 1.82) is 0 Å². The highest BCUT2D eigenvalue weighted by molar-refractivity contribution is 6.32. The minimum absolute atomic E-state index is 0.200. The first kappa shape index (κ1) is 14.2. The Hall–Kier alpha value is -1.26. The molecule has 0 aromatic heterocycles. The first-order valence-electron chi connectivity index (χ1n) is 6.32. The number of hydrogen-bond donors (Lipinski definition) is 1. The predicted molar refractivity (Wildman–Crippen MR) is 73.9 cm³/mol. The average Bonchev–Trinajstić information content (AvgIpc) is 2.30. The van der Waals surface area contributed by atoms with Crippen molar-refractivity contribution in [2.24, 2.45) is 5.92 Å². The highest BCUT2D eigenvalue weighted by atomic mass is 35.5. The van der Waals surface area contributed by atoms with Crippen molar-refractivity contribution in [3.8, 4) is 5.75 Å². The molecular weight excluding hydrogens is 266 g/mol. The molecule has 0 saturated carbocycles. The molecule has 1 heterocycles. The number of carboxylic acid groups (broad SMARTS) is 1. The number of carboxylic acids is 1. The van der Waals surface area contributed by atoms with Crippen LogP contribution in [0.3, 0.4) is 0 Å². The molecular formula is C14H18ClNO3. The van der Waals surface area contributed by atoms with Crippen LogP contribution in [0.25, 0.3) is 0 Å². The molecule has 1 fully saturated rings. The Morgan fingerprint density at radius 3 is 2.79 bits per heavy atom. The van der Waals surface area contributed by atoms with E-state index in [4.69, 9.17) is 21.4 Å². The van der Waals surface area contributed by atoms with Gasteiger partial charge in [0.2, 0.25) is 0 Å². The lowest BCUT2D eigenvalue weighted by Gasteiger charge is -2.36. The van der Waals surface area contributed by atoms with Gasteiger partial charge in [0.15, 0.2) is 0 Å².